The van der Waals surface area contributed by atoms with Crippen LogP contribution >= 0.6 is 39.3 Å². The Balaban J connectivity index is 1.68. The molecule has 3 aliphatic rings. The van der Waals surface area contributed by atoms with Crippen molar-refractivity contribution in [3.63, 3.8) is 0 Å². The maximum absolute atomic E-state index is 14.6. The van der Waals surface area contributed by atoms with Crippen LogP contribution in [0.25, 0.3) is 0 Å². The number of benzene rings is 2. The van der Waals surface area contributed by atoms with Crippen LogP contribution in [-0.2, 0) is 14.4 Å². The maximum Gasteiger partial charge on any atom is 0.308 e. The van der Waals surface area contributed by atoms with E-state index in [1.165, 1.54) is 21.6 Å². The van der Waals surface area contributed by atoms with E-state index in [0.29, 0.717) is 22.7 Å². The molecule has 37 heavy (non-hydrogen) atoms. The van der Waals surface area contributed by atoms with Crippen LogP contribution < -0.4 is 4.90 Å². The Morgan fingerprint density at radius 2 is 1.92 bits per heavy atom. The minimum Gasteiger partial charge on any atom is -0.481 e. The number of hydrogen-bond acceptors (Lipinski definition) is 5. The third-order valence-corrected chi connectivity index (χ3v) is 11.2. The minimum atomic E-state index is -1.05. The van der Waals surface area contributed by atoms with Gasteiger partial charge in [-0.15, -0.1) is 18.3 Å². The molecule has 0 aliphatic carbocycles. The van der Waals surface area contributed by atoms with Crippen molar-refractivity contribution in [3.8, 4) is 0 Å². The number of aliphatic hydroxyl groups is 1. The van der Waals surface area contributed by atoms with E-state index in [0.717, 1.165) is 0 Å². The highest BCUT2D eigenvalue weighted by Crippen LogP contribution is 2.68. The lowest BCUT2D eigenvalue weighted by Gasteiger charge is -2.40. The SMILES string of the molecule is C=CCN(C(=O)C1N([C@H](CO)c2ccccc2)C(=O)[C@@H]2[C@@H](C(=O)O)[C@@H]3SC12CC3Br)c1ccccc1Cl. The molecule has 7 atom stereocenters. The standard InChI is InChI=1S/C27H26BrClN2O5S/c1-2-12-30(18-11-7-6-10-17(18)29)25(34)23-27-13-16(28)22(37-27)20(26(35)36)21(27)24(33)31(23)19(14-32)15-8-4-3-5-9-15/h2-11,16,19-23,32H,1,12-14H2,(H,35,36)/t16?,19-,20-,21+,22-,23?,27?/m1/s1. The fourth-order valence-corrected chi connectivity index (χ4v) is 10.1. The number of carbonyl (C=O) groups is 3. The highest BCUT2D eigenvalue weighted by atomic mass is 79.9. The van der Waals surface area contributed by atoms with Crippen molar-refractivity contribution in [2.24, 2.45) is 11.8 Å². The van der Waals surface area contributed by atoms with Gasteiger partial charge in [0.05, 0.1) is 39.9 Å². The van der Waals surface area contributed by atoms with E-state index < -0.39 is 47.1 Å². The molecule has 2 aromatic carbocycles. The quantitative estimate of drug-likeness (QED) is 0.347. The molecule has 5 rings (SSSR count). The minimum absolute atomic E-state index is 0.144. The number of nitrogens with zero attached hydrogens (tertiary/aromatic N) is 2. The van der Waals surface area contributed by atoms with Gasteiger partial charge in [-0.2, -0.15) is 0 Å². The Labute approximate surface area is 232 Å². The lowest BCUT2D eigenvalue weighted by Crippen LogP contribution is -2.56. The van der Waals surface area contributed by atoms with Crippen LogP contribution in [0, 0.1) is 11.8 Å². The fraction of sp³-hybridized carbons (Fsp3) is 0.370. The summed E-state index contributed by atoms with van der Waals surface area (Å²) in [5, 5.41) is 20.7. The average molecular weight is 606 g/mol. The number of amides is 2. The molecule has 7 nitrogen and oxygen atoms in total. The highest BCUT2D eigenvalue weighted by Gasteiger charge is 2.76. The van der Waals surface area contributed by atoms with Crippen LogP contribution in [0.3, 0.4) is 0 Å². The number of aliphatic hydroxyl groups excluding tert-OH is 1. The molecule has 3 heterocycles. The van der Waals surface area contributed by atoms with Gasteiger partial charge in [-0.05, 0) is 24.1 Å². The van der Waals surface area contributed by atoms with E-state index in [9.17, 15) is 24.6 Å². The molecule has 2 amide bonds. The number of likely N-dealkylation sites (tertiary alicyclic amines) is 1. The van der Waals surface area contributed by atoms with E-state index >= 15 is 0 Å². The van der Waals surface area contributed by atoms with Crippen molar-refractivity contribution in [3.05, 3.63) is 77.8 Å². The predicted octanol–water partition coefficient (Wildman–Crippen LogP) is 4.14. The molecular weight excluding hydrogens is 580 g/mol. The van der Waals surface area contributed by atoms with Gasteiger partial charge >= 0.3 is 5.97 Å². The summed E-state index contributed by atoms with van der Waals surface area (Å²) in [4.78, 5) is 44.0. The summed E-state index contributed by atoms with van der Waals surface area (Å²) in [6.45, 7) is 3.54. The number of para-hydroxylation sites is 1. The number of carbonyl (C=O) groups excluding carboxylic acids is 2. The van der Waals surface area contributed by atoms with Gasteiger partial charge in [0, 0.05) is 16.6 Å². The van der Waals surface area contributed by atoms with Gasteiger partial charge in [-0.1, -0.05) is 76.1 Å². The van der Waals surface area contributed by atoms with Crippen molar-refractivity contribution in [1.29, 1.82) is 0 Å². The van der Waals surface area contributed by atoms with Gasteiger partial charge in [-0.25, -0.2) is 0 Å². The third kappa shape index (κ3) is 4.02. The zero-order chi connectivity index (χ0) is 26.5. The summed E-state index contributed by atoms with van der Waals surface area (Å²) >= 11 is 11.6. The molecule has 194 valence electrons. The number of carboxylic acids is 1. The summed E-state index contributed by atoms with van der Waals surface area (Å²) in [7, 11) is 0. The maximum atomic E-state index is 14.6. The molecular formula is C27H26BrClN2O5S. The second-order valence-corrected chi connectivity index (χ2v) is 12.7. The normalized spacial score (nSPS) is 30.7. The summed E-state index contributed by atoms with van der Waals surface area (Å²) in [5.41, 5.74) is 1.15. The number of hydrogen-bond donors (Lipinski definition) is 2. The number of rotatable bonds is 8. The van der Waals surface area contributed by atoms with Crippen molar-refractivity contribution >= 4 is 62.8 Å². The van der Waals surface area contributed by atoms with Crippen LogP contribution in [0.4, 0.5) is 5.69 Å². The Morgan fingerprint density at radius 3 is 2.54 bits per heavy atom. The van der Waals surface area contributed by atoms with Gasteiger partial charge in [-0.3, -0.25) is 14.4 Å². The van der Waals surface area contributed by atoms with Crippen LogP contribution in [0.2, 0.25) is 5.02 Å². The summed E-state index contributed by atoms with van der Waals surface area (Å²) < 4.78 is -0.973. The van der Waals surface area contributed by atoms with E-state index in [1.54, 1.807) is 54.6 Å². The number of anilines is 1. The smallest absolute Gasteiger partial charge is 0.308 e. The monoisotopic (exact) mass is 604 g/mol. The molecule has 2 bridgehead atoms. The number of alkyl halides is 1. The summed E-state index contributed by atoms with van der Waals surface area (Å²) in [6.07, 6.45) is 2.04. The summed E-state index contributed by atoms with van der Waals surface area (Å²) in [5.74, 6) is -3.68. The molecule has 10 heteroatoms. The fourth-order valence-electron chi connectivity index (χ4n) is 6.25. The zero-order valence-corrected chi connectivity index (χ0v) is 22.9. The predicted molar refractivity (Wildman–Crippen MR) is 147 cm³/mol. The van der Waals surface area contributed by atoms with Crippen molar-refractivity contribution < 1.29 is 24.6 Å². The molecule has 3 saturated heterocycles. The second-order valence-electron chi connectivity index (χ2n) is 9.55. The average Bonchev–Trinajstić information content (AvgIpc) is 3.48. The van der Waals surface area contributed by atoms with Gasteiger partial charge in [0.1, 0.15) is 6.04 Å². The van der Waals surface area contributed by atoms with Crippen LogP contribution in [0.5, 0.6) is 0 Å². The first kappa shape index (κ1) is 26.3. The highest BCUT2D eigenvalue weighted by molar-refractivity contribution is 9.09. The van der Waals surface area contributed by atoms with Gasteiger partial charge in [0.15, 0.2) is 0 Å². The van der Waals surface area contributed by atoms with Crippen LogP contribution in [-0.4, -0.2) is 66.9 Å². The van der Waals surface area contributed by atoms with Gasteiger partial charge in [0.25, 0.3) is 5.91 Å². The number of carboxylic acid groups (broad SMARTS) is 1. The molecule has 2 N–H and O–H groups in total. The van der Waals surface area contributed by atoms with E-state index in [1.807, 2.05) is 6.07 Å². The number of aliphatic carboxylic acids is 1. The lowest BCUT2D eigenvalue weighted by molar-refractivity contribution is -0.149. The largest absolute Gasteiger partial charge is 0.481 e. The van der Waals surface area contributed by atoms with Gasteiger partial charge < -0.3 is 20.0 Å². The lowest BCUT2D eigenvalue weighted by atomic mass is 9.71. The van der Waals surface area contributed by atoms with E-state index in [2.05, 4.69) is 22.5 Å². The first-order valence-electron chi connectivity index (χ1n) is 12.0. The van der Waals surface area contributed by atoms with Crippen molar-refractivity contribution in [2.45, 2.75) is 33.3 Å². The molecule has 3 unspecified atom stereocenters. The molecule has 2 aromatic rings. The number of thioether (sulfide) groups is 1. The number of fused-ring (bicyclic) bond motifs is 1. The first-order chi connectivity index (χ1) is 17.8. The molecule has 0 radical (unpaired) electrons. The second kappa shape index (κ2) is 10.1. The zero-order valence-electron chi connectivity index (χ0n) is 19.7. The first-order valence-corrected chi connectivity index (χ1v) is 14.1. The Hall–Kier alpha value is -2.33. The summed E-state index contributed by atoms with van der Waals surface area (Å²) in [6, 6.07) is 14.1. The molecule has 3 fully saturated rings. The van der Waals surface area contributed by atoms with Crippen molar-refractivity contribution in [2.75, 3.05) is 18.1 Å². The Kier molecular flexibility index (Phi) is 7.17. The Morgan fingerprint density at radius 1 is 1.24 bits per heavy atom. The third-order valence-electron chi connectivity index (χ3n) is 7.66. The Bertz CT molecular complexity index is 1250. The van der Waals surface area contributed by atoms with Gasteiger partial charge in [0.2, 0.25) is 5.91 Å². The van der Waals surface area contributed by atoms with Crippen LogP contribution in [0.1, 0.15) is 18.0 Å². The van der Waals surface area contributed by atoms with Crippen molar-refractivity contribution in [1.82, 2.24) is 4.90 Å². The number of halogens is 2. The molecule has 3 aliphatic heterocycles. The molecule has 0 aromatic heterocycles. The van der Waals surface area contributed by atoms with E-state index in [-0.39, 0.29) is 22.5 Å². The van der Waals surface area contributed by atoms with E-state index in [4.69, 9.17) is 11.6 Å². The topological polar surface area (TPSA) is 98.2 Å². The molecule has 0 saturated carbocycles. The van der Waals surface area contributed by atoms with Crippen LogP contribution in [0.15, 0.2) is 67.3 Å². The molecule has 1 spiro atoms.